The number of nitrogens with zero attached hydrogens (tertiary/aromatic N) is 1. The van der Waals surface area contributed by atoms with Gasteiger partial charge in [-0.25, -0.2) is 0 Å². The first-order valence-electron chi connectivity index (χ1n) is 6.27. The Labute approximate surface area is 127 Å². The second-order valence-corrected chi connectivity index (χ2v) is 4.86. The summed E-state index contributed by atoms with van der Waals surface area (Å²) in [6.45, 7) is 1.79. The normalized spacial score (nSPS) is 9.76. The summed E-state index contributed by atoms with van der Waals surface area (Å²) in [5.74, 6) is 0.228. The Bertz CT molecular complexity index is 690. The summed E-state index contributed by atoms with van der Waals surface area (Å²) < 4.78 is 5.35. The number of nitrogens with one attached hydrogen (secondary N) is 1. The third-order valence-corrected chi connectivity index (χ3v) is 3.08. The van der Waals surface area contributed by atoms with Crippen molar-refractivity contribution < 1.29 is 9.53 Å². The van der Waals surface area contributed by atoms with E-state index in [-0.39, 0.29) is 12.5 Å². The molecule has 0 bridgehead atoms. The van der Waals surface area contributed by atoms with Gasteiger partial charge in [0.15, 0.2) is 6.61 Å². The van der Waals surface area contributed by atoms with Crippen LogP contribution in [0, 0.1) is 18.3 Å². The second-order valence-electron chi connectivity index (χ2n) is 4.46. The fraction of sp³-hybridized carbons (Fsp3) is 0.125. The van der Waals surface area contributed by atoms with Crippen LogP contribution in [0.15, 0.2) is 42.5 Å². The van der Waals surface area contributed by atoms with Crippen LogP contribution in [0.25, 0.3) is 0 Å². The molecule has 0 aliphatic heterocycles. The van der Waals surface area contributed by atoms with E-state index in [0.29, 0.717) is 22.0 Å². The SMILES string of the molecule is Cc1ccc(Cl)c(NC(=O)COc2ccc(C#N)cc2)c1. The molecule has 2 aromatic carbocycles. The van der Waals surface area contributed by atoms with Gasteiger partial charge in [0.1, 0.15) is 5.75 Å². The Hall–Kier alpha value is -2.51. The van der Waals surface area contributed by atoms with Crippen LogP contribution in [0.5, 0.6) is 5.75 Å². The summed E-state index contributed by atoms with van der Waals surface area (Å²) in [4.78, 5) is 11.8. The zero-order valence-electron chi connectivity index (χ0n) is 11.4. The van der Waals surface area contributed by atoms with E-state index in [1.54, 1.807) is 36.4 Å². The summed E-state index contributed by atoms with van der Waals surface area (Å²) in [5.41, 5.74) is 2.10. The van der Waals surface area contributed by atoms with Crippen molar-refractivity contribution in [2.45, 2.75) is 6.92 Å². The Kier molecular flexibility index (Phi) is 4.81. The van der Waals surface area contributed by atoms with Gasteiger partial charge >= 0.3 is 0 Å². The van der Waals surface area contributed by atoms with Gasteiger partial charge in [-0.3, -0.25) is 4.79 Å². The number of rotatable bonds is 4. The van der Waals surface area contributed by atoms with Gasteiger partial charge in [-0.1, -0.05) is 17.7 Å². The molecule has 0 aliphatic carbocycles. The van der Waals surface area contributed by atoms with Crippen molar-refractivity contribution >= 4 is 23.2 Å². The van der Waals surface area contributed by atoms with Crippen molar-refractivity contribution in [2.24, 2.45) is 0 Å². The smallest absolute Gasteiger partial charge is 0.262 e. The van der Waals surface area contributed by atoms with E-state index < -0.39 is 0 Å². The largest absolute Gasteiger partial charge is 0.484 e. The topological polar surface area (TPSA) is 62.1 Å². The minimum Gasteiger partial charge on any atom is -0.484 e. The maximum absolute atomic E-state index is 11.8. The summed E-state index contributed by atoms with van der Waals surface area (Å²) in [6, 6.07) is 14.0. The van der Waals surface area contributed by atoms with E-state index in [4.69, 9.17) is 21.6 Å². The fourth-order valence-electron chi connectivity index (χ4n) is 1.70. The van der Waals surface area contributed by atoms with Gasteiger partial charge in [0, 0.05) is 0 Å². The highest BCUT2D eigenvalue weighted by Crippen LogP contribution is 2.22. The lowest BCUT2D eigenvalue weighted by molar-refractivity contribution is -0.118. The molecule has 5 heteroatoms. The first-order valence-corrected chi connectivity index (χ1v) is 6.65. The second kappa shape index (κ2) is 6.78. The number of hydrogen-bond donors (Lipinski definition) is 1. The lowest BCUT2D eigenvalue weighted by atomic mass is 10.2. The standard InChI is InChI=1S/C16H13ClN2O2/c1-11-2-7-14(17)15(8-11)19-16(20)10-21-13-5-3-12(9-18)4-6-13/h2-8H,10H2,1H3,(H,19,20). The first kappa shape index (κ1) is 14.9. The lowest BCUT2D eigenvalue weighted by Crippen LogP contribution is -2.20. The number of benzene rings is 2. The molecule has 2 aromatic rings. The van der Waals surface area contributed by atoms with Gasteiger partial charge < -0.3 is 10.1 Å². The van der Waals surface area contributed by atoms with Crippen molar-refractivity contribution in [1.82, 2.24) is 0 Å². The Balaban J connectivity index is 1.92. The first-order chi connectivity index (χ1) is 10.1. The van der Waals surface area contributed by atoms with Crippen molar-refractivity contribution in [2.75, 3.05) is 11.9 Å². The molecule has 1 N–H and O–H groups in total. The van der Waals surface area contributed by atoms with Gasteiger partial charge in [-0.2, -0.15) is 5.26 Å². The van der Waals surface area contributed by atoms with E-state index in [1.165, 1.54) is 0 Å². The van der Waals surface area contributed by atoms with Gasteiger partial charge in [0.2, 0.25) is 0 Å². The fourth-order valence-corrected chi connectivity index (χ4v) is 1.86. The Morgan fingerprint density at radius 2 is 2.00 bits per heavy atom. The van der Waals surface area contributed by atoms with Crippen molar-refractivity contribution in [3.63, 3.8) is 0 Å². The number of hydrogen-bond acceptors (Lipinski definition) is 3. The highest BCUT2D eigenvalue weighted by atomic mass is 35.5. The molecule has 21 heavy (non-hydrogen) atoms. The molecule has 0 spiro atoms. The van der Waals surface area contributed by atoms with E-state index in [9.17, 15) is 4.79 Å². The molecule has 0 saturated heterocycles. The molecule has 4 nitrogen and oxygen atoms in total. The van der Waals surface area contributed by atoms with Crippen LogP contribution in [-0.4, -0.2) is 12.5 Å². The van der Waals surface area contributed by atoms with E-state index in [2.05, 4.69) is 5.32 Å². The maximum atomic E-state index is 11.8. The van der Waals surface area contributed by atoms with Gasteiger partial charge in [-0.05, 0) is 48.9 Å². The molecule has 0 radical (unpaired) electrons. The maximum Gasteiger partial charge on any atom is 0.262 e. The molecule has 1 amide bonds. The summed E-state index contributed by atoms with van der Waals surface area (Å²) in [5, 5.41) is 11.9. The predicted octanol–water partition coefficient (Wildman–Crippen LogP) is 3.54. The van der Waals surface area contributed by atoms with Crippen LogP contribution in [0.4, 0.5) is 5.69 Å². The number of nitriles is 1. The summed E-state index contributed by atoms with van der Waals surface area (Å²) in [7, 11) is 0. The highest BCUT2D eigenvalue weighted by molar-refractivity contribution is 6.33. The van der Waals surface area contributed by atoms with Crippen LogP contribution in [0.2, 0.25) is 5.02 Å². The quantitative estimate of drug-likeness (QED) is 0.939. The minimum atomic E-state index is -0.299. The number of amides is 1. The van der Waals surface area contributed by atoms with E-state index in [0.717, 1.165) is 5.56 Å². The minimum absolute atomic E-state index is 0.129. The zero-order valence-corrected chi connectivity index (χ0v) is 12.1. The number of halogens is 1. The molecule has 0 unspecified atom stereocenters. The number of aryl methyl sites for hydroxylation is 1. The Morgan fingerprint density at radius 1 is 1.29 bits per heavy atom. The van der Waals surface area contributed by atoms with Crippen molar-refractivity contribution in [1.29, 1.82) is 5.26 Å². The Morgan fingerprint density at radius 3 is 2.67 bits per heavy atom. The number of anilines is 1. The predicted molar refractivity (Wildman–Crippen MR) is 81.5 cm³/mol. The molecule has 0 aliphatic rings. The van der Waals surface area contributed by atoms with Crippen LogP contribution in [0.3, 0.4) is 0 Å². The van der Waals surface area contributed by atoms with Crippen LogP contribution >= 0.6 is 11.6 Å². The third kappa shape index (κ3) is 4.23. The molecule has 0 fully saturated rings. The number of carbonyl (C=O) groups excluding carboxylic acids is 1. The summed E-state index contributed by atoms with van der Waals surface area (Å²) >= 11 is 6.00. The molecule has 0 atom stereocenters. The lowest BCUT2D eigenvalue weighted by Gasteiger charge is -2.09. The van der Waals surface area contributed by atoms with Crippen LogP contribution in [0.1, 0.15) is 11.1 Å². The molecule has 0 saturated carbocycles. The van der Waals surface area contributed by atoms with E-state index in [1.807, 2.05) is 19.1 Å². The highest BCUT2D eigenvalue weighted by Gasteiger charge is 2.07. The number of ether oxygens (including phenoxy) is 1. The average Bonchev–Trinajstić information content (AvgIpc) is 2.49. The monoisotopic (exact) mass is 300 g/mol. The summed E-state index contributed by atoms with van der Waals surface area (Å²) in [6.07, 6.45) is 0. The van der Waals surface area contributed by atoms with E-state index >= 15 is 0 Å². The zero-order chi connectivity index (χ0) is 15.2. The molecule has 2 rings (SSSR count). The third-order valence-electron chi connectivity index (χ3n) is 2.75. The van der Waals surface area contributed by atoms with Crippen LogP contribution in [-0.2, 0) is 4.79 Å². The van der Waals surface area contributed by atoms with Gasteiger partial charge in [0.05, 0.1) is 22.3 Å². The van der Waals surface area contributed by atoms with Crippen LogP contribution < -0.4 is 10.1 Å². The van der Waals surface area contributed by atoms with Gasteiger partial charge in [0.25, 0.3) is 5.91 Å². The van der Waals surface area contributed by atoms with Gasteiger partial charge in [-0.15, -0.1) is 0 Å². The van der Waals surface area contributed by atoms with Crippen molar-refractivity contribution in [3.05, 3.63) is 58.6 Å². The molecular weight excluding hydrogens is 288 g/mol. The average molecular weight is 301 g/mol. The van der Waals surface area contributed by atoms with Crippen molar-refractivity contribution in [3.8, 4) is 11.8 Å². The number of carbonyl (C=O) groups is 1. The molecule has 106 valence electrons. The molecule has 0 aromatic heterocycles. The molecule has 0 heterocycles. The molecular formula is C16H13ClN2O2.